The molecule has 1 saturated heterocycles. The molecular formula is C23H27N3O5. The molecule has 0 unspecified atom stereocenters. The maximum Gasteiger partial charge on any atom is 0.323 e. The first kappa shape index (κ1) is 21.3. The number of ether oxygens (including phenoxy) is 1. The lowest BCUT2D eigenvalue weighted by molar-refractivity contribution is -0.147. The second-order valence-electron chi connectivity index (χ2n) is 8.46. The fourth-order valence-electron chi connectivity index (χ4n) is 5.15. The first-order chi connectivity index (χ1) is 14.8. The van der Waals surface area contributed by atoms with Crippen molar-refractivity contribution in [3.05, 3.63) is 58.0 Å². The number of pyridine rings is 1. The van der Waals surface area contributed by atoms with Crippen LogP contribution >= 0.6 is 0 Å². The van der Waals surface area contributed by atoms with E-state index in [1.165, 1.54) is 12.0 Å². The lowest BCUT2D eigenvalue weighted by Crippen LogP contribution is -2.41. The summed E-state index contributed by atoms with van der Waals surface area (Å²) < 4.78 is 6.68. The molecule has 0 saturated carbocycles. The number of benzene rings is 1. The summed E-state index contributed by atoms with van der Waals surface area (Å²) in [6.45, 7) is 0.265. The average molecular weight is 425 g/mol. The molecule has 8 heteroatoms. The minimum Gasteiger partial charge on any atom is -0.468 e. The van der Waals surface area contributed by atoms with Gasteiger partial charge in [0.15, 0.2) is 0 Å². The van der Waals surface area contributed by atoms with E-state index in [-0.39, 0.29) is 41.9 Å². The quantitative estimate of drug-likeness (QED) is 0.735. The number of aliphatic hydroxyl groups is 1. The number of methoxy groups -OCH3 is 1. The maximum absolute atomic E-state index is 13.4. The van der Waals surface area contributed by atoms with E-state index in [2.05, 4.69) is 0 Å². The summed E-state index contributed by atoms with van der Waals surface area (Å²) in [6.07, 6.45) is 0. The molecule has 2 aromatic rings. The maximum atomic E-state index is 13.4. The van der Waals surface area contributed by atoms with Crippen LogP contribution in [0, 0.1) is 11.8 Å². The number of aliphatic hydroxyl groups excluding tert-OH is 1. The fourth-order valence-corrected chi connectivity index (χ4v) is 5.15. The average Bonchev–Trinajstić information content (AvgIpc) is 3.28. The number of carbonyl (C=O) groups is 2. The highest BCUT2D eigenvalue weighted by Gasteiger charge is 2.54. The molecular weight excluding hydrogens is 398 g/mol. The second-order valence-corrected chi connectivity index (χ2v) is 8.46. The van der Waals surface area contributed by atoms with E-state index in [1.807, 2.05) is 24.1 Å². The van der Waals surface area contributed by atoms with Crippen molar-refractivity contribution in [3.8, 4) is 11.1 Å². The van der Waals surface area contributed by atoms with Gasteiger partial charge in [-0.05, 0) is 36.9 Å². The minimum absolute atomic E-state index is 0.0660. The van der Waals surface area contributed by atoms with Gasteiger partial charge < -0.3 is 19.3 Å². The van der Waals surface area contributed by atoms with Crippen molar-refractivity contribution in [1.29, 1.82) is 0 Å². The summed E-state index contributed by atoms with van der Waals surface area (Å²) in [5.41, 5.74) is 2.41. The smallest absolute Gasteiger partial charge is 0.323 e. The van der Waals surface area contributed by atoms with Crippen LogP contribution in [0.3, 0.4) is 0 Å². The number of aromatic nitrogens is 1. The Balaban J connectivity index is 1.74. The van der Waals surface area contributed by atoms with Crippen molar-refractivity contribution in [2.45, 2.75) is 18.6 Å². The molecule has 1 N–H and O–H groups in total. The number of likely N-dealkylation sites (tertiary alicyclic amines) is 1. The van der Waals surface area contributed by atoms with Crippen LogP contribution in [0.2, 0.25) is 0 Å². The molecule has 0 aliphatic carbocycles. The molecule has 2 aliphatic rings. The molecule has 1 amide bonds. The van der Waals surface area contributed by atoms with Gasteiger partial charge in [0.2, 0.25) is 0 Å². The largest absolute Gasteiger partial charge is 0.468 e. The monoisotopic (exact) mass is 425 g/mol. The summed E-state index contributed by atoms with van der Waals surface area (Å²) in [5.74, 6) is -0.877. The summed E-state index contributed by atoms with van der Waals surface area (Å²) >= 11 is 0. The van der Waals surface area contributed by atoms with E-state index in [1.54, 1.807) is 42.9 Å². The number of esters is 1. The van der Waals surface area contributed by atoms with E-state index in [0.717, 1.165) is 5.69 Å². The van der Waals surface area contributed by atoms with Crippen LogP contribution in [-0.2, 0) is 16.1 Å². The van der Waals surface area contributed by atoms with Gasteiger partial charge in [0, 0.05) is 55.9 Å². The Morgan fingerprint density at radius 3 is 2.61 bits per heavy atom. The summed E-state index contributed by atoms with van der Waals surface area (Å²) in [4.78, 5) is 41.4. The standard InChI is InChI=1S/C23H27N3O5/c1-24(2)21(28)14-7-5-6-13(10-14)15-8-9-18-19-16(11-26(18)22(15)29)17(12-27)20(25(19)3)23(30)31-4/h5-10,16-17,19-20,27H,11-12H2,1-4H3/t16-,17-,19+,20-/m0/s1. The molecule has 164 valence electrons. The zero-order valence-corrected chi connectivity index (χ0v) is 18.1. The molecule has 31 heavy (non-hydrogen) atoms. The predicted molar refractivity (Wildman–Crippen MR) is 115 cm³/mol. The van der Waals surface area contributed by atoms with Gasteiger partial charge in [-0.3, -0.25) is 19.3 Å². The summed E-state index contributed by atoms with van der Waals surface area (Å²) in [6, 6.07) is 10.1. The van der Waals surface area contributed by atoms with Crippen LogP contribution in [0.1, 0.15) is 22.1 Å². The van der Waals surface area contributed by atoms with Gasteiger partial charge in [-0.15, -0.1) is 0 Å². The molecule has 1 fully saturated rings. The van der Waals surface area contributed by atoms with Crippen LogP contribution in [-0.4, -0.2) is 72.3 Å². The van der Waals surface area contributed by atoms with Crippen LogP contribution in [0.5, 0.6) is 0 Å². The zero-order valence-electron chi connectivity index (χ0n) is 18.1. The van der Waals surface area contributed by atoms with Crippen molar-refractivity contribution in [2.24, 2.45) is 11.8 Å². The van der Waals surface area contributed by atoms with Gasteiger partial charge in [0.1, 0.15) is 6.04 Å². The third kappa shape index (κ3) is 3.26. The first-order valence-electron chi connectivity index (χ1n) is 10.3. The molecule has 1 aromatic heterocycles. The molecule has 8 nitrogen and oxygen atoms in total. The Morgan fingerprint density at radius 1 is 1.23 bits per heavy atom. The van der Waals surface area contributed by atoms with Crippen molar-refractivity contribution in [3.63, 3.8) is 0 Å². The number of likely N-dealkylation sites (N-methyl/N-ethyl adjacent to an activating group) is 1. The Bertz CT molecular complexity index is 1090. The van der Waals surface area contributed by atoms with Crippen molar-refractivity contribution in [1.82, 2.24) is 14.4 Å². The molecule has 0 bridgehead atoms. The molecule has 3 heterocycles. The predicted octanol–water partition coefficient (Wildman–Crippen LogP) is 0.983. The van der Waals surface area contributed by atoms with Gasteiger partial charge in [-0.2, -0.15) is 0 Å². The molecule has 0 spiro atoms. The number of fused-ring (bicyclic) bond motifs is 3. The van der Waals surface area contributed by atoms with E-state index >= 15 is 0 Å². The molecule has 1 aromatic carbocycles. The van der Waals surface area contributed by atoms with Crippen LogP contribution < -0.4 is 5.56 Å². The number of nitrogens with zero attached hydrogens (tertiary/aromatic N) is 3. The third-order valence-corrected chi connectivity index (χ3v) is 6.62. The lowest BCUT2D eigenvalue weighted by atomic mass is 9.88. The number of rotatable bonds is 4. The Labute approximate surface area is 180 Å². The topological polar surface area (TPSA) is 92.1 Å². The Kier molecular flexibility index (Phi) is 5.45. The highest BCUT2D eigenvalue weighted by atomic mass is 16.5. The molecule has 4 rings (SSSR count). The van der Waals surface area contributed by atoms with E-state index in [0.29, 0.717) is 23.2 Å². The molecule has 2 aliphatic heterocycles. The van der Waals surface area contributed by atoms with Crippen LogP contribution in [0.15, 0.2) is 41.2 Å². The van der Waals surface area contributed by atoms with Gasteiger partial charge in [0.05, 0.1) is 13.2 Å². The highest BCUT2D eigenvalue weighted by Crippen LogP contribution is 2.48. The van der Waals surface area contributed by atoms with Crippen LogP contribution in [0.25, 0.3) is 11.1 Å². The van der Waals surface area contributed by atoms with Gasteiger partial charge >= 0.3 is 5.97 Å². The third-order valence-electron chi connectivity index (χ3n) is 6.62. The minimum atomic E-state index is -0.540. The SMILES string of the molecule is COC(=O)[C@@H]1[C@@H](CO)[C@@H]2Cn3c(ccc(-c4cccc(C(=O)N(C)C)c4)c3=O)[C@@H]2N1C. The first-order valence-corrected chi connectivity index (χ1v) is 10.3. The summed E-state index contributed by atoms with van der Waals surface area (Å²) in [5, 5.41) is 10.00. The normalized spacial score (nSPS) is 24.5. The Hall–Kier alpha value is -2.97. The van der Waals surface area contributed by atoms with Crippen molar-refractivity contribution < 1.29 is 19.4 Å². The van der Waals surface area contributed by atoms with E-state index in [9.17, 15) is 19.5 Å². The molecule has 0 radical (unpaired) electrons. The molecule has 4 atom stereocenters. The second kappa shape index (κ2) is 7.94. The van der Waals surface area contributed by atoms with Crippen molar-refractivity contribution >= 4 is 11.9 Å². The highest BCUT2D eigenvalue weighted by molar-refractivity contribution is 5.95. The lowest BCUT2D eigenvalue weighted by Gasteiger charge is -2.25. The number of amides is 1. The zero-order chi connectivity index (χ0) is 22.4. The Morgan fingerprint density at radius 2 is 1.97 bits per heavy atom. The van der Waals surface area contributed by atoms with Gasteiger partial charge in [-0.1, -0.05) is 12.1 Å². The van der Waals surface area contributed by atoms with Crippen LogP contribution in [0.4, 0.5) is 0 Å². The fraction of sp³-hybridized carbons (Fsp3) is 0.435. The van der Waals surface area contributed by atoms with E-state index in [4.69, 9.17) is 4.74 Å². The van der Waals surface area contributed by atoms with Crippen molar-refractivity contribution in [2.75, 3.05) is 34.9 Å². The van der Waals surface area contributed by atoms with Gasteiger partial charge in [-0.25, -0.2) is 0 Å². The summed E-state index contributed by atoms with van der Waals surface area (Å²) in [7, 11) is 6.55. The van der Waals surface area contributed by atoms with Gasteiger partial charge in [0.25, 0.3) is 11.5 Å². The van der Waals surface area contributed by atoms with E-state index < -0.39 is 6.04 Å². The number of carbonyl (C=O) groups excluding carboxylic acids is 2. The number of hydrogen-bond donors (Lipinski definition) is 1. The number of hydrogen-bond acceptors (Lipinski definition) is 6.